The lowest BCUT2D eigenvalue weighted by Crippen LogP contribution is -2.16. The van der Waals surface area contributed by atoms with E-state index < -0.39 is 5.97 Å². The van der Waals surface area contributed by atoms with Gasteiger partial charge in [0, 0.05) is 17.8 Å². The summed E-state index contributed by atoms with van der Waals surface area (Å²) >= 11 is 3.01. The quantitative estimate of drug-likeness (QED) is 0.897. The van der Waals surface area contributed by atoms with Gasteiger partial charge in [-0.2, -0.15) is 0 Å². The summed E-state index contributed by atoms with van der Waals surface area (Å²) in [6, 6.07) is 0. The standard InChI is InChI=1S/C10H11N3O2S2/c1-13(3-8-4-16-6-11-8)10-12-7(5-17-10)2-9(14)15/h4-6H,2-3H2,1H3,(H,14,15). The maximum atomic E-state index is 10.5. The molecule has 17 heavy (non-hydrogen) atoms. The van der Waals surface area contributed by atoms with E-state index in [1.165, 1.54) is 11.3 Å². The number of anilines is 1. The third-order valence-corrected chi connectivity index (χ3v) is 3.72. The molecule has 0 aromatic carbocycles. The maximum Gasteiger partial charge on any atom is 0.309 e. The van der Waals surface area contributed by atoms with Gasteiger partial charge in [-0.1, -0.05) is 0 Å². The van der Waals surface area contributed by atoms with Crippen molar-refractivity contribution < 1.29 is 9.90 Å². The lowest BCUT2D eigenvalue weighted by molar-refractivity contribution is -0.136. The minimum atomic E-state index is -0.857. The number of hydrogen-bond donors (Lipinski definition) is 1. The Hall–Kier alpha value is -1.47. The lowest BCUT2D eigenvalue weighted by atomic mass is 10.3. The highest BCUT2D eigenvalue weighted by molar-refractivity contribution is 7.13. The van der Waals surface area contributed by atoms with Crippen LogP contribution in [-0.2, 0) is 17.8 Å². The molecular weight excluding hydrogens is 258 g/mol. The van der Waals surface area contributed by atoms with Crippen molar-refractivity contribution in [3.63, 3.8) is 0 Å². The van der Waals surface area contributed by atoms with Crippen molar-refractivity contribution in [2.24, 2.45) is 0 Å². The van der Waals surface area contributed by atoms with Crippen LogP contribution in [0.5, 0.6) is 0 Å². The highest BCUT2D eigenvalue weighted by atomic mass is 32.1. The Morgan fingerprint density at radius 3 is 2.94 bits per heavy atom. The first-order valence-corrected chi connectivity index (χ1v) is 6.72. The maximum absolute atomic E-state index is 10.5. The molecule has 0 saturated heterocycles. The van der Waals surface area contributed by atoms with Gasteiger partial charge in [-0.3, -0.25) is 4.79 Å². The van der Waals surface area contributed by atoms with Crippen LogP contribution in [0.1, 0.15) is 11.4 Å². The summed E-state index contributed by atoms with van der Waals surface area (Å²) in [6.45, 7) is 0.684. The molecule has 0 aliphatic heterocycles. The molecule has 2 heterocycles. The van der Waals surface area contributed by atoms with Gasteiger partial charge in [-0.05, 0) is 0 Å². The Balaban J connectivity index is 2.01. The SMILES string of the molecule is CN(Cc1cscn1)c1nc(CC(=O)O)cs1. The zero-order chi connectivity index (χ0) is 12.3. The van der Waals surface area contributed by atoms with Crippen LogP contribution in [0.3, 0.4) is 0 Å². The summed E-state index contributed by atoms with van der Waals surface area (Å²) in [5.74, 6) is -0.857. The molecule has 0 spiro atoms. The van der Waals surface area contributed by atoms with Crippen LogP contribution >= 0.6 is 22.7 Å². The summed E-state index contributed by atoms with van der Waals surface area (Å²) < 4.78 is 0. The van der Waals surface area contributed by atoms with Gasteiger partial charge in [0.05, 0.1) is 29.9 Å². The molecule has 0 aliphatic carbocycles. The Morgan fingerprint density at radius 2 is 2.29 bits per heavy atom. The first kappa shape index (κ1) is 12.0. The molecule has 7 heteroatoms. The average Bonchev–Trinajstić information content (AvgIpc) is 2.87. The molecule has 0 atom stereocenters. The number of aromatic nitrogens is 2. The van der Waals surface area contributed by atoms with Crippen molar-refractivity contribution in [1.29, 1.82) is 0 Å². The van der Waals surface area contributed by atoms with Crippen LogP contribution in [0.15, 0.2) is 16.3 Å². The predicted octanol–water partition coefficient (Wildman–Crippen LogP) is 1.86. The second-order valence-corrected chi connectivity index (χ2v) is 5.08. The van der Waals surface area contributed by atoms with Crippen LogP contribution in [0.25, 0.3) is 0 Å². The van der Waals surface area contributed by atoms with Crippen LogP contribution in [-0.4, -0.2) is 28.1 Å². The average molecular weight is 269 g/mol. The van der Waals surface area contributed by atoms with E-state index in [1.54, 1.807) is 22.2 Å². The number of nitrogens with zero attached hydrogens (tertiary/aromatic N) is 3. The topological polar surface area (TPSA) is 66.3 Å². The Kier molecular flexibility index (Phi) is 3.70. The first-order valence-electron chi connectivity index (χ1n) is 4.89. The van der Waals surface area contributed by atoms with Gasteiger partial charge >= 0.3 is 5.97 Å². The lowest BCUT2D eigenvalue weighted by Gasteiger charge is -2.13. The van der Waals surface area contributed by atoms with Crippen LogP contribution in [0.2, 0.25) is 0 Å². The van der Waals surface area contributed by atoms with E-state index in [2.05, 4.69) is 9.97 Å². The fourth-order valence-corrected chi connectivity index (χ4v) is 2.68. The van der Waals surface area contributed by atoms with Gasteiger partial charge in [-0.25, -0.2) is 9.97 Å². The molecule has 1 N–H and O–H groups in total. The molecule has 2 aromatic heterocycles. The van der Waals surface area contributed by atoms with Crippen molar-refractivity contribution in [3.8, 4) is 0 Å². The first-order chi connectivity index (χ1) is 8.15. The van der Waals surface area contributed by atoms with Crippen molar-refractivity contribution in [2.45, 2.75) is 13.0 Å². The van der Waals surface area contributed by atoms with Gasteiger partial charge in [-0.15, -0.1) is 22.7 Å². The molecule has 0 amide bonds. The Bertz CT molecular complexity index is 495. The summed E-state index contributed by atoms with van der Waals surface area (Å²) in [7, 11) is 1.92. The number of thiazole rings is 2. The Morgan fingerprint density at radius 1 is 1.47 bits per heavy atom. The summed E-state index contributed by atoms with van der Waals surface area (Å²) in [4.78, 5) is 21.0. The second-order valence-electron chi connectivity index (χ2n) is 3.53. The largest absolute Gasteiger partial charge is 0.481 e. The number of carboxylic acid groups (broad SMARTS) is 1. The van der Waals surface area contributed by atoms with E-state index in [-0.39, 0.29) is 6.42 Å². The molecule has 0 unspecified atom stereocenters. The molecule has 0 radical (unpaired) electrons. The molecule has 0 bridgehead atoms. The minimum absolute atomic E-state index is 0.0267. The van der Waals surface area contributed by atoms with Gasteiger partial charge < -0.3 is 10.0 Å². The van der Waals surface area contributed by atoms with E-state index in [0.717, 1.165) is 10.8 Å². The zero-order valence-corrected chi connectivity index (χ0v) is 10.8. The number of aliphatic carboxylic acids is 1. The van der Waals surface area contributed by atoms with Crippen molar-refractivity contribution in [3.05, 3.63) is 27.7 Å². The van der Waals surface area contributed by atoms with E-state index in [0.29, 0.717) is 12.2 Å². The van der Waals surface area contributed by atoms with Gasteiger partial charge in [0.15, 0.2) is 5.13 Å². The van der Waals surface area contributed by atoms with Crippen LogP contribution in [0, 0.1) is 0 Å². The van der Waals surface area contributed by atoms with E-state index in [9.17, 15) is 4.79 Å². The van der Waals surface area contributed by atoms with Gasteiger partial charge in [0.1, 0.15) is 0 Å². The van der Waals surface area contributed by atoms with Gasteiger partial charge in [0.2, 0.25) is 0 Å². The number of carboxylic acids is 1. The molecule has 5 nitrogen and oxygen atoms in total. The normalized spacial score (nSPS) is 10.4. The Labute approximate surface area is 106 Å². The number of carbonyl (C=O) groups is 1. The molecular formula is C10H11N3O2S2. The summed E-state index contributed by atoms with van der Waals surface area (Å²) in [5, 5.41) is 13.2. The third-order valence-electron chi connectivity index (χ3n) is 2.08. The van der Waals surface area contributed by atoms with Crippen LogP contribution < -0.4 is 4.90 Å². The predicted molar refractivity (Wildman–Crippen MR) is 67.7 cm³/mol. The molecule has 0 aliphatic rings. The smallest absolute Gasteiger partial charge is 0.309 e. The molecule has 2 rings (SSSR count). The van der Waals surface area contributed by atoms with E-state index >= 15 is 0 Å². The summed E-state index contributed by atoms with van der Waals surface area (Å²) in [6.07, 6.45) is -0.0267. The molecule has 0 fully saturated rings. The fraction of sp³-hybridized carbons (Fsp3) is 0.300. The molecule has 90 valence electrons. The monoisotopic (exact) mass is 269 g/mol. The molecule has 0 saturated carbocycles. The third kappa shape index (κ3) is 3.24. The highest BCUT2D eigenvalue weighted by Crippen LogP contribution is 2.21. The van der Waals surface area contributed by atoms with Crippen LogP contribution in [0.4, 0.5) is 5.13 Å². The fourth-order valence-electron chi connectivity index (χ4n) is 1.33. The minimum Gasteiger partial charge on any atom is -0.481 e. The molecule has 2 aromatic rings. The van der Waals surface area contributed by atoms with E-state index in [1.807, 2.05) is 17.3 Å². The number of rotatable bonds is 5. The van der Waals surface area contributed by atoms with Crippen molar-refractivity contribution in [2.75, 3.05) is 11.9 Å². The second kappa shape index (κ2) is 5.24. The number of hydrogen-bond acceptors (Lipinski definition) is 6. The van der Waals surface area contributed by atoms with Crippen molar-refractivity contribution >= 4 is 33.8 Å². The highest BCUT2D eigenvalue weighted by Gasteiger charge is 2.10. The van der Waals surface area contributed by atoms with Crippen molar-refractivity contribution in [1.82, 2.24) is 9.97 Å². The van der Waals surface area contributed by atoms with Gasteiger partial charge in [0.25, 0.3) is 0 Å². The zero-order valence-electron chi connectivity index (χ0n) is 9.16. The van der Waals surface area contributed by atoms with E-state index in [4.69, 9.17) is 5.11 Å². The summed E-state index contributed by atoms with van der Waals surface area (Å²) in [5.41, 5.74) is 3.39.